The van der Waals surface area contributed by atoms with E-state index in [1.54, 1.807) is 42.5 Å². The maximum absolute atomic E-state index is 12.2. The van der Waals surface area contributed by atoms with Crippen molar-refractivity contribution in [2.45, 2.75) is 13.8 Å². The number of ketones is 1. The quantitative estimate of drug-likeness (QED) is 0.452. The Morgan fingerprint density at radius 2 is 1.82 bits per heavy atom. The Morgan fingerprint density at radius 1 is 1.09 bits per heavy atom. The molecule has 0 aliphatic heterocycles. The molecule has 114 valence electrons. The van der Waals surface area contributed by atoms with Crippen molar-refractivity contribution < 1.29 is 19.1 Å². The molecule has 2 aromatic carbocycles. The zero-order chi connectivity index (χ0) is 16.1. The highest BCUT2D eigenvalue weighted by molar-refractivity contribution is 9.10. The van der Waals surface area contributed by atoms with Crippen LogP contribution in [-0.4, -0.2) is 18.4 Å². The topological polar surface area (TPSA) is 52.6 Å². The van der Waals surface area contributed by atoms with E-state index in [0.717, 1.165) is 0 Å². The van der Waals surface area contributed by atoms with Crippen LogP contribution >= 0.6 is 15.9 Å². The molecular weight excluding hydrogens is 348 g/mol. The second-order valence-corrected chi connectivity index (χ2v) is 5.37. The van der Waals surface area contributed by atoms with Crippen LogP contribution in [0, 0.1) is 0 Å². The summed E-state index contributed by atoms with van der Waals surface area (Å²) in [7, 11) is 0. The second-order valence-electron chi connectivity index (χ2n) is 4.52. The number of para-hydroxylation sites is 1. The van der Waals surface area contributed by atoms with Crippen molar-refractivity contribution in [2.75, 3.05) is 6.61 Å². The smallest absolute Gasteiger partial charge is 0.343 e. The van der Waals surface area contributed by atoms with Crippen LogP contribution in [0.2, 0.25) is 0 Å². The van der Waals surface area contributed by atoms with E-state index in [-0.39, 0.29) is 11.5 Å². The summed E-state index contributed by atoms with van der Waals surface area (Å²) in [6.45, 7) is 3.85. The van der Waals surface area contributed by atoms with Crippen LogP contribution < -0.4 is 9.47 Å². The molecule has 0 fully saturated rings. The van der Waals surface area contributed by atoms with E-state index in [1.165, 1.54) is 6.92 Å². The summed E-state index contributed by atoms with van der Waals surface area (Å²) in [6.07, 6.45) is 0. The fourth-order valence-corrected chi connectivity index (χ4v) is 2.40. The van der Waals surface area contributed by atoms with Crippen molar-refractivity contribution in [2.24, 2.45) is 0 Å². The van der Waals surface area contributed by atoms with Crippen molar-refractivity contribution in [1.29, 1.82) is 0 Å². The Labute approximate surface area is 137 Å². The fourth-order valence-electron chi connectivity index (χ4n) is 1.91. The SMILES string of the molecule is CCOc1ccc(C(=O)Oc2ccccc2C(C)=O)cc1Br. The predicted octanol–water partition coefficient (Wildman–Crippen LogP) is 4.27. The normalized spacial score (nSPS) is 10.1. The number of Topliss-reactive ketones (excluding diaryl/α,β-unsaturated/α-hetero) is 1. The van der Waals surface area contributed by atoms with E-state index >= 15 is 0 Å². The van der Waals surface area contributed by atoms with Crippen molar-refractivity contribution in [3.05, 3.63) is 58.1 Å². The van der Waals surface area contributed by atoms with Gasteiger partial charge in [0, 0.05) is 0 Å². The van der Waals surface area contributed by atoms with Gasteiger partial charge in [0.15, 0.2) is 5.78 Å². The van der Waals surface area contributed by atoms with Gasteiger partial charge in [0.1, 0.15) is 11.5 Å². The number of carbonyl (C=O) groups is 2. The number of halogens is 1. The average Bonchev–Trinajstić information content (AvgIpc) is 2.49. The number of hydrogen-bond acceptors (Lipinski definition) is 4. The lowest BCUT2D eigenvalue weighted by Gasteiger charge is -2.10. The van der Waals surface area contributed by atoms with Gasteiger partial charge < -0.3 is 9.47 Å². The van der Waals surface area contributed by atoms with Gasteiger partial charge in [-0.15, -0.1) is 0 Å². The van der Waals surface area contributed by atoms with E-state index in [9.17, 15) is 9.59 Å². The third-order valence-electron chi connectivity index (χ3n) is 2.94. The Bertz CT molecular complexity index is 710. The lowest BCUT2D eigenvalue weighted by Crippen LogP contribution is -2.11. The minimum Gasteiger partial charge on any atom is -0.493 e. The molecule has 0 aliphatic rings. The molecule has 0 aromatic heterocycles. The molecule has 0 spiro atoms. The summed E-state index contributed by atoms with van der Waals surface area (Å²) in [5.41, 5.74) is 0.745. The lowest BCUT2D eigenvalue weighted by molar-refractivity contribution is 0.0732. The first kappa shape index (κ1) is 16.2. The lowest BCUT2D eigenvalue weighted by atomic mass is 10.1. The predicted molar refractivity (Wildman–Crippen MR) is 86.7 cm³/mol. The first-order valence-electron chi connectivity index (χ1n) is 6.77. The van der Waals surface area contributed by atoms with E-state index < -0.39 is 5.97 Å². The molecule has 4 nitrogen and oxygen atoms in total. The zero-order valence-corrected chi connectivity index (χ0v) is 13.8. The molecule has 2 aromatic rings. The van der Waals surface area contributed by atoms with Crippen LogP contribution in [0.1, 0.15) is 34.6 Å². The summed E-state index contributed by atoms with van der Waals surface area (Å²) in [5, 5.41) is 0. The highest BCUT2D eigenvalue weighted by atomic mass is 79.9. The van der Waals surface area contributed by atoms with Gasteiger partial charge in [-0.2, -0.15) is 0 Å². The molecule has 0 atom stereocenters. The first-order chi connectivity index (χ1) is 10.5. The Hall–Kier alpha value is -2.14. The zero-order valence-electron chi connectivity index (χ0n) is 12.3. The molecule has 5 heteroatoms. The van der Waals surface area contributed by atoms with Gasteiger partial charge in [0.25, 0.3) is 0 Å². The molecule has 0 N–H and O–H groups in total. The minimum atomic E-state index is -0.530. The summed E-state index contributed by atoms with van der Waals surface area (Å²) in [6, 6.07) is 11.6. The number of carbonyl (C=O) groups excluding carboxylic acids is 2. The van der Waals surface area contributed by atoms with Crippen LogP contribution in [0.25, 0.3) is 0 Å². The van der Waals surface area contributed by atoms with Gasteiger partial charge in [0.2, 0.25) is 0 Å². The number of benzene rings is 2. The molecule has 0 bridgehead atoms. The second kappa shape index (κ2) is 7.22. The highest BCUT2D eigenvalue weighted by Crippen LogP contribution is 2.27. The van der Waals surface area contributed by atoms with Gasteiger partial charge in [-0.25, -0.2) is 4.79 Å². The third kappa shape index (κ3) is 3.74. The first-order valence-corrected chi connectivity index (χ1v) is 7.56. The Morgan fingerprint density at radius 3 is 2.45 bits per heavy atom. The molecule has 0 radical (unpaired) electrons. The summed E-state index contributed by atoms with van der Waals surface area (Å²) in [5.74, 6) is 0.224. The fraction of sp³-hybridized carbons (Fsp3) is 0.176. The molecule has 0 aliphatic carbocycles. The Balaban J connectivity index is 2.23. The maximum atomic E-state index is 12.2. The number of esters is 1. The monoisotopic (exact) mass is 362 g/mol. The van der Waals surface area contributed by atoms with Crippen molar-refractivity contribution in [3.63, 3.8) is 0 Å². The standard InChI is InChI=1S/C17H15BrO4/c1-3-21-16-9-8-12(10-14(16)18)17(20)22-15-7-5-4-6-13(15)11(2)19/h4-10H,3H2,1-2H3. The average molecular weight is 363 g/mol. The molecule has 0 amide bonds. The van der Waals surface area contributed by atoms with Crippen molar-refractivity contribution in [1.82, 2.24) is 0 Å². The summed E-state index contributed by atoms with van der Waals surface area (Å²) >= 11 is 3.35. The maximum Gasteiger partial charge on any atom is 0.343 e. The number of hydrogen-bond donors (Lipinski definition) is 0. The molecule has 22 heavy (non-hydrogen) atoms. The molecule has 0 heterocycles. The molecule has 2 rings (SSSR count). The molecule has 0 unspecified atom stereocenters. The van der Waals surface area contributed by atoms with E-state index in [4.69, 9.17) is 9.47 Å². The van der Waals surface area contributed by atoms with Gasteiger partial charge in [-0.05, 0) is 60.1 Å². The Kier molecular flexibility index (Phi) is 5.33. The summed E-state index contributed by atoms with van der Waals surface area (Å²) < 4.78 is 11.4. The van der Waals surface area contributed by atoms with Crippen LogP contribution in [0.15, 0.2) is 46.9 Å². The van der Waals surface area contributed by atoms with Crippen LogP contribution in [0.4, 0.5) is 0 Å². The minimum absolute atomic E-state index is 0.156. The van der Waals surface area contributed by atoms with Gasteiger partial charge in [-0.3, -0.25) is 4.79 Å². The van der Waals surface area contributed by atoms with Crippen LogP contribution in [0.3, 0.4) is 0 Å². The van der Waals surface area contributed by atoms with E-state index in [0.29, 0.717) is 28.0 Å². The largest absolute Gasteiger partial charge is 0.493 e. The molecule has 0 saturated carbocycles. The van der Waals surface area contributed by atoms with Crippen molar-refractivity contribution >= 4 is 27.7 Å². The highest BCUT2D eigenvalue weighted by Gasteiger charge is 2.15. The van der Waals surface area contributed by atoms with Gasteiger partial charge >= 0.3 is 5.97 Å². The third-order valence-corrected chi connectivity index (χ3v) is 3.56. The van der Waals surface area contributed by atoms with Gasteiger partial charge in [-0.1, -0.05) is 12.1 Å². The van der Waals surface area contributed by atoms with Crippen LogP contribution in [0.5, 0.6) is 11.5 Å². The van der Waals surface area contributed by atoms with Crippen LogP contribution in [-0.2, 0) is 0 Å². The van der Waals surface area contributed by atoms with Crippen molar-refractivity contribution in [3.8, 4) is 11.5 Å². The molecular formula is C17H15BrO4. The van der Waals surface area contributed by atoms with E-state index in [2.05, 4.69) is 15.9 Å². The van der Waals surface area contributed by atoms with Gasteiger partial charge in [0.05, 0.1) is 22.2 Å². The number of rotatable bonds is 5. The summed E-state index contributed by atoms with van der Waals surface area (Å²) in [4.78, 5) is 23.8. The number of ether oxygens (including phenoxy) is 2. The molecule has 0 saturated heterocycles. The van der Waals surface area contributed by atoms with E-state index in [1.807, 2.05) is 6.92 Å².